The van der Waals surface area contributed by atoms with E-state index < -0.39 is 19.7 Å². The van der Waals surface area contributed by atoms with Gasteiger partial charge in [-0.25, -0.2) is 16.8 Å². The molecule has 0 atom stereocenters. The molecule has 31 heavy (non-hydrogen) atoms. The number of benzene rings is 1. The molecule has 3 saturated carbocycles. The molecule has 1 aromatic carbocycles. The number of sulfone groups is 2. The lowest BCUT2D eigenvalue weighted by atomic mass is 9.70. The Kier molecular flexibility index (Phi) is 6.25. The molecule has 3 fully saturated rings. The van der Waals surface area contributed by atoms with Crippen LogP contribution in [0.1, 0.15) is 68.1 Å². The monoisotopic (exact) mass is 467 g/mol. The Balaban J connectivity index is 1.37. The summed E-state index contributed by atoms with van der Waals surface area (Å²) in [4.78, 5) is 12.9. The summed E-state index contributed by atoms with van der Waals surface area (Å²) in [5, 5.41) is 2.84. The largest absolute Gasteiger partial charge is 0.351 e. The highest BCUT2D eigenvalue weighted by Gasteiger charge is 2.43. The van der Waals surface area contributed by atoms with E-state index in [-0.39, 0.29) is 21.5 Å². The second-order valence-corrected chi connectivity index (χ2v) is 14.4. The van der Waals surface area contributed by atoms with Crippen LogP contribution in [0.25, 0.3) is 0 Å². The maximum atomic E-state index is 12.7. The van der Waals surface area contributed by atoms with Crippen LogP contribution in [0.3, 0.4) is 0 Å². The number of rotatable bonds is 9. The van der Waals surface area contributed by atoms with Gasteiger partial charge >= 0.3 is 0 Å². The molecule has 0 heterocycles. The van der Waals surface area contributed by atoms with Crippen LogP contribution in [0, 0.1) is 17.3 Å². The Bertz CT molecular complexity index is 1010. The van der Waals surface area contributed by atoms with Crippen molar-refractivity contribution in [3.63, 3.8) is 0 Å². The Morgan fingerprint density at radius 1 is 0.935 bits per heavy atom. The predicted molar refractivity (Wildman–Crippen MR) is 120 cm³/mol. The van der Waals surface area contributed by atoms with Gasteiger partial charge in [-0.3, -0.25) is 4.79 Å². The Morgan fingerprint density at radius 2 is 1.52 bits per heavy atom. The molecule has 0 unspecified atom stereocenters. The normalized spacial score (nSPS) is 27.1. The number of nitrogens with one attached hydrogen (secondary N) is 1. The summed E-state index contributed by atoms with van der Waals surface area (Å²) < 4.78 is 48.7. The average Bonchev–Trinajstić information content (AvgIpc) is 3.64. The van der Waals surface area contributed by atoms with E-state index in [1.807, 2.05) is 0 Å². The van der Waals surface area contributed by atoms with Crippen molar-refractivity contribution in [2.45, 2.75) is 67.9 Å². The first kappa shape index (κ1) is 22.8. The van der Waals surface area contributed by atoms with Crippen LogP contribution in [0.4, 0.5) is 0 Å². The SMILES string of the molecule is CS(=O)(=O)c1ccc(C(=O)NCC2(CC3CC3)CCC(S(=O)(=O)CC3CC3)CC2)cc1. The van der Waals surface area contributed by atoms with Crippen LogP contribution >= 0.6 is 0 Å². The fraction of sp³-hybridized carbons (Fsp3) is 0.696. The van der Waals surface area contributed by atoms with Gasteiger partial charge in [0.05, 0.1) is 15.9 Å². The minimum absolute atomic E-state index is 0.0326. The van der Waals surface area contributed by atoms with Crippen LogP contribution in [-0.2, 0) is 19.7 Å². The van der Waals surface area contributed by atoms with Gasteiger partial charge in [0, 0.05) is 18.4 Å². The Labute approximate surface area is 186 Å². The summed E-state index contributed by atoms with van der Waals surface area (Å²) in [6.07, 6.45) is 9.82. The second-order valence-electron chi connectivity index (χ2n) is 10.1. The zero-order valence-electron chi connectivity index (χ0n) is 18.2. The van der Waals surface area contributed by atoms with Gasteiger partial charge in [0.2, 0.25) is 0 Å². The lowest BCUT2D eigenvalue weighted by Gasteiger charge is -2.40. The average molecular weight is 468 g/mol. The molecule has 3 aliphatic carbocycles. The standard InChI is InChI=1S/C23H33NO5S2/c1-30(26,27)20-8-6-19(7-9-20)22(25)24-16-23(14-17-2-3-17)12-10-21(11-13-23)31(28,29)15-18-4-5-18/h6-9,17-18,21H,2-5,10-16H2,1H3,(H,24,25). The van der Waals surface area contributed by atoms with E-state index in [9.17, 15) is 21.6 Å². The summed E-state index contributed by atoms with van der Waals surface area (Å²) in [6.45, 7) is 0.547. The zero-order valence-corrected chi connectivity index (χ0v) is 19.8. The maximum absolute atomic E-state index is 12.7. The first-order valence-corrected chi connectivity index (χ1v) is 15.0. The minimum Gasteiger partial charge on any atom is -0.351 e. The quantitative estimate of drug-likeness (QED) is 0.600. The van der Waals surface area contributed by atoms with E-state index in [0.717, 1.165) is 38.4 Å². The lowest BCUT2D eigenvalue weighted by Crippen LogP contribution is -2.43. The van der Waals surface area contributed by atoms with Crippen LogP contribution in [-0.4, -0.2) is 46.5 Å². The van der Waals surface area contributed by atoms with Crippen LogP contribution < -0.4 is 5.32 Å². The Hall–Kier alpha value is -1.41. The van der Waals surface area contributed by atoms with Crippen molar-refractivity contribution in [2.24, 2.45) is 17.3 Å². The number of carbonyl (C=O) groups excluding carboxylic acids is 1. The fourth-order valence-corrected chi connectivity index (χ4v) is 7.77. The first-order chi connectivity index (χ1) is 14.6. The van der Waals surface area contributed by atoms with Crippen LogP contribution in [0.15, 0.2) is 29.2 Å². The summed E-state index contributed by atoms with van der Waals surface area (Å²) >= 11 is 0. The molecule has 172 valence electrons. The fourth-order valence-electron chi connectivity index (χ4n) is 4.92. The summed E-state index contributed by atoms with van der Waals surface area (Å²) in [7, 11) is -6.30. The van der Waals surface area contributed by atoms with Crippen LogP contribution in [0.5, 0.6) is 0 Å². The van der Waals surface area contributed by atoms with E-state index in [1.165, 1.54) is 25.0 Å². The third-order valence-electron chi connectivity index (χ3n) is 7.25. The molecule has 0 aromatic heterocycles. The molecule has 0 saturated heterocycles. The number of hydrogen-bond donors (Lipinski definition) is 1. The first-order valence-electron chi connectivity index (χ1n) is 11.4. The molecule has 0 spiro atoms. The smallest absolute Gasteiger partial charge is 0.251 e. The number of hydrogen-bond acceptors (Lipinski definition) is 5. The highest BCUT2D eigenvalue weighted by Crippen LogP contribution is 2.48. The van der Waals surface area contributed by atoms with Crippen molar-refractivity contribution in [2.75, 3.05) is 18.6 Å². The molecule has 0 aliphatic heterocycles. The van der Waals surface area contributed by atoms with Gasteiger partial charge in [-0.1, -0.05) is 12.8 Å². The maximum Gasteiger partial charge on any atom is 0.251 e. The molecular weight excluding hydrogens is 434 g/mol. The highest BCUT2D eigenvalue weighted by molar-refractivity contribution is 7.92. The van der Waals surface area contributed by atoms with E-state index >= 15 is 0 Å². The van der Waals surface area contributed by atoms with Gasteiger partial charge in [-0.15, -0.1) is 0 Å². The van der Waals surface area contributed by atoms with Gasteiger partial charge in [-0.05, 0) is 86.5 Å². The summed E-state index contributed by atoms with van der Waals surface area (Å²) in [5.74, 6) is 1.23. The van der Waals surface area contributed by atoms with Crippen molar-refractivity contribution in [3.05, 3.63) is 29.8 Å². The van der Waals surface area contributed by atoms with Gasteiger partial charge < -0.3 is 5.32 Å². The van der Waals surface area contributed by atoms with Gasteiger partial charge in [0.15, 0.2) is 19.7 Å². The summed E-state index contributed by atoms with van der Waals surface area (Å²) in [5.41, 5.74) is 0.407. The van der Waals surface area contributed by atoms with Gasteiger partial charge in [0.1, 0.15) is 0 Å². The van der Waals surface area contributed by atoms with E-state index in [1.54, 1.807) is 12.1 Å². The predicted octanol–water partition coefficient (Wildman–Crippen LogP) is 3.37. The van der Waals surface area contributed by atoms with Gasteiger partial charge in [0.25, 0.3) is 5.91 Å². The van der Waals surface area contributed by atoms with Crippen molar-refractivity contribution >= 4 is 25.6 Å². The summed E-state index contributed by atoms with van der Waals surface area (Å²) in [6, 6.07) is 6.00. The molecule has 6 nitrogen and oxygen atoms in total. The molecule has 1 amide bonds. The zero-order chi connectivity index (χ0) is 22.3. The van der Waals surface area contributed by atoms with Crippen molar-refractivity contribution in [1.82, 2.24) is 5.32 Å². The van der Waals surface area contributed by atoms with Crippen molar-refractivity contribution < 1.29 is 21.6 Å². The molecule has 1 N–H and O–H groups in total. The van der Waals surface area contributed by atoms with Crippen molar-refractivity contribution in [3.8, 4) is 0 Å². The van der Waals surface area contributed by atoms with Crippen LogP contribution in [0.2, 0.25) is 0 Å². The number of carbonyl (C=O) groups is 1. The molecule has 3 aliphatic rings. The van der Waals surface area contributed by atoms with Crippen molar-refractivity contribution in [1.29, 1.82) is 0 Å². The molecule has 4 rings (SSSR count). The molecule has 1 aromatic rings. The third-order valence-corrected chi connectivity index (χ3v) is 10.8. The van der Waals surface area contributed by atoms with E-state index in [2.05, 4.69) is 5.32 Å². The lowest BCUT2D eigenvalue weighted by molar-refractivity contribution is 0.0895. The molecule has 8 heteroatoms. The van der Waals surface area contributed by atoms with Gasteiger partial charge in [-0.2, -0.15) is 0 Å². The minimum atomic E-state index is -3.29. The highest BCUT2D eigenvalue weighted by atomic mass is 32.2. The second kappa shape index (κ2) is 8.50. The third kappa shape index (κ3) is 5.89. The molecule has 0 radical (unpaired) electrons. The Morgan fingerprint density at radius 3 is 2.03 bits per heavy atom. The molecular formula is C23H33NO5S2. The topological polar surface area (TPSA) is 97.4 Å². The van der Waals surface area contributed by atoms with E-state index in [0.29, 0.717) is 42.5 Å². The molecule has 0 bridgehead atoms. The van der Waals surface area contributed by atoms with E-state index in [4.69, 9.17) is 0 Å². The number of amides is 1.